The Labute approximate surface area is 210 Å². The number of aliphatic hydroxyl groups excluding tert-OH is 1. The molecular weight excluding hydrogens is 513 g/mol. The topological polar surface area (TPSA) is 72.8 Å². The Balaban J connectivity index is 0.00000363. The molecular formula is C25H38IN5O. The zero-order valence-corrected chi connectivity index (χ0v) is 22.1. The van der Waals surface area contributed by atoms with Crippen molar-refractivity contribution in [2.24, 2.45) is 4.99 Å². The molecule has 0 amide bonds. The number of aliphatic hydroxyl groups is 1. The highest BCUT2D eigenvalue weighted by Gasteiger charge is 2.15. The number of nitrogens with zero attached hydrogens (tertiary/aromatic N) is 3. The number of nitrogens with one attached hydrogen (secondary N) is 2. The molecule has 176 valence electrons. The van der Waals surface area contributed by atoms with E-state index in [1.807, 2.05) is 31.3 Å². The lowest BCUT2D eigenvalue weighted by Gasteiger charge is -2.20. The third-order valence-corrected chi connectivity index (χ3v) is 5.63. The lowest BCUT2D eigenvalue weighted by atomic mass is 9.86. The Morgan fingerprint density at radius 3 is 2.44 bits per heavy atom. The zero-order chi connectivity index (χ0) is 22.3. The molecule has 1 aromatic carbocycles. The predicted octanol–water partition coefficient (Wildman–Crippen LogP) is 4.39. The first-order valence-corrected chi connectivity index (χ1v) is 11.4. The fourth-order valence-electron chi connectivity index (χ4n) is 3.71. The summed E-state index contributed by atoms with van der Waals surface area (Å²) in [4.78, 5) is 11.5. The number of benzene rings is 1. The summed E-state index contributed by atoms with van der Waals surface area (Å²) in [7, 11) is 0. The van der Waals surface area contributed by atoms with Crippen molar-refractivity contribution in [3.63, 3.8) is 0 Å². The van der Waals surface area contributed by atoms with Crippen LogP contribution in [0.25, 0.3) is 0 Å². The first kappa shape index (κ1) is 26.4. The first-order valence-electron chi connectivity index (χ1n) is 11.4. The number of rotatable bonds is 7. The standard InChI is InChI=1S/C25H37N5O.HI/c1-5-26-24(28-17-19-12-13-27-23(16-19)30-14-6-7-15-30)29-18-22(31)20-8-10-21(11-9-20)25(2,3)4;/h8-13,16,22,31H,5-7,14-15,17-18H2,1-4H3,(H2,26,28,29);1H. The van der Waals surface area contributed by atoms with Crippen LogP contribution < -0.4 is 15.5 Å². The third-order valence-electron chi connectivity index (χ3n) is 5.63. The van der Waals surface area contributed by atoms with Crippen LogP contribution in [0.3, 0.4) is 0 Å². The SMILES string of the molecule is CCNC(=NCc1ccnc(N2CCCC2)c1)NCC(O)c1ccc(C(C)(C)C)cc1.I. The van der Waals surface area contributed by atoms with E-state index < -0.39 is 6.10 Å². The highest BCUT2D eigenvalue weighted by molar-refractivity contribution is 14.0. The fraction of sp³-hybridized carbons (Fsp3) is 0.520. The van der Waals surface area contributed by atoms with Gasteiger partial charge in [-0.2, -0.15) is 0 Å². The quantitative estimate of drug-likeness (QED) is 0.271. The Hall–Kier alpha value is -1.87. The Bertz CT molecular complexity index is 857. The Morgan fingerprint density at radius 2 is 1.81 bits per heavy atom. The summed E-state index contributed by atoms with van der Waals surface area (Å²) in [5, 5.41) is 17.1. The molecule has 3 rings (SSSR count). The van der Waals surface area contributed by atoms with Gasteiger partial charge >= 0.3 is 0 Å². The van der Waals surface area contributed by atoms with E-state index in [4.69, 9.17) is 4.99 Å². The van der Waals surface area contributed by atoms with Crippen LogP contribution in [0, 0.1) is 0 Å². The second kappa shape index (κ2) is 12.4. The molecule has 0 bridgehead atoms. The van der Waals surface area contributed by atoms with E-state index in [1.165, 1.54) is 18.4 Å². The van der Waals surface area contributed by atoms with Crippen molar-refractivity contribution >= 4 is 35.8 Å². The van der Waals surface area contributed by atoms with Gasteiger partial charge in [0.15, 0.2) is 5.96 Å². The van der Waals surface area contributed by atoms with Gasteiger partial charge in [0, 0.05) is 32.4 Å². The predicted molar refractivity (Wildman–Crippen MR) is 144 cm³/mol. The minimum absolute atomic E-state index is 0. The number of hydrogen-bond acceptors (Lipinski definition) is 4. The Morgan fingerprint density at radius 1 is 1.12 bits per heavy atom. The highest BCUT2D eigenvalue weighted by Crippen LogP contribution is 2.24. The van der Waals surface area contributed by atoms with E-state index in [2.05, 4.69) is 59.5 Å². The van der Waals surface area contributed by atoms with Crippen LogP contribution in [0.15, 0.2) is 47.6 Å². The summed E-state index contributed by atoms with van der Waals surface area (Å²) < 4.78 is 0. The molecule has 0 saturated carbocycles. The molecule has 1 aliphatic heterocycles. The number of pyridine rings is 1. The molecule has 3 N–H and O–H groups in total. The van der Waals surface area contributed by atoms with Gasteiger partial charge in [0.2, 0.25) is 0 Å². The summed E-state index contributed by atoms with van der Waals surface area (Å²) in [6.45, 7) is 12.5. The van der Waals surface area contributed by atoms with E-state index in [9.17, 15) is 5.11 Å². The second-order valence-electron chi connectivity index (χ2n) is 9.18. The molecule has 2 aromatic rings. The second-order valence-corrected chi connectivity index (χ2v) is 9.18. The third kappa shape index (κ3) is 7.62. The molecule has 1 unspecified atom stereocenters. The van der Waals surface area contributed by atoms with Gasteiger partial charge in [-0.05, 0) is 54.0 Å². The molecule has 0 radical (unpaired) electrons. The van der Waals surface area contributed by atoms with Gasteiger partial charge in [-0.1, -0.05) is 45.0 Å². The number of halogens is 1. The van der Waals surface area contributed by atoms with Crippen molar-refractivity contribution in [2.75, 3.05) is 31.1 Å². The molecule has 7 heteroatoms. The first-order chi connectivity index (χ1) is 14.9. The molecule has 1 aliphatic rings. The normalized spacial score (nSPS) is 15.3. The maximum Gasteiger partial charge on any atom is 0.191 e. The average Bonchev–Trinajstić information content (AvgIpc) is 3.30. The van der Waals surface area contributed by atoms with E-state index in [1.54, 1.807) is 0 Å². The average molecular weight is 552 g/mol. The summed E-state index contributed by atoms with van der Waals surface area (Å²) in [5.74, 6) is 1.74. The minimum Gasteiger partial charge on any atom is -0.387 e. The van der Waals surface area contributed by atoms with E-state index >= 15 is 0 Å². The number of anilines is 1. The maximum absolute atomic E-state index is 10.6. The molecule has 1 saturated heterocycles. The van der Waals surface area contributed by atoms with Crippen molar-refractivity contribution in [2.45, 2.75) is 58.6 Å². The molecule has 1 atom stereocenters. The molecule has 1 fully saturated rings. The van der Waals surface area contributed by atoms with Crippen LogP contribution in [0.1, 0.15) is 63.3 Å². The number of hydrogen-bond donors (Lipinski definition) is 3. The van der Waals surface area contributed by atoms with Crippen molar-refractivity contribution in [3.8, 4) is 0 Å². The van der Waals surface area contributed by atoms with Crippen LogP contribution in [0.5, 0.6) is 0 Å². The lowest BCUT2D eigenvalue weighted by Crippen LogP contribution is -2.39. The van der Waals surface area contributed by atoms with Gasteiger partial charge in [0.1, 0.15) is 5.82 Å². The molecule has 32 heavy (non-hydrogen) atoms. The number of guanidine groups is 1. The Kier molecular flexibility index (Phi) is 10.2. The van der Waals surface area contributed by atoms with Crippen LogP contribution in [-0.4, -0.2) is 42.2 Å². The monoisotopic (exact) mass is 551 g/mol. The summed E-state index contributed by atoms with van der Waals surface area (Å²) >= 11 is 0. The zero-order valence-electron chi connectivity index (χ0n) is 19.8. The van der Waals surface area contributed by atoms with Crippen molar-refractivity contribution < 1.29 is 5.11 Å². The molecule has 0 spiro atoms. The van der Waals surface area contributed by atoms with E-state index in [0.717, 1.165) is 36.6 Å². The van der Waals surface area contributed by atoms with Crippen molar-refractivity contribution in [3.05, 3.63) is 59.3 Å². The smallest absolute Gasteiger partial charge is 0.191 e. The van der Waals surface area contributed by atoms with Gasteiger partial charge in [0.05, 0.1) is 12.6 Å². The highest BCUT2D eigenvalue weighted by atomic mass is 127. The van der Waals surface area contributed by atoms with Gasteiger partial charge in [-0.25, -0.2) is 9.98 Å². The number of aliphatic imine (C=N–C) groups is 1. The van der Waals surface area contributed by atoms with Crippen molar-refractivity contribution in [1.29, 1.82) is 0 Å². The van der Waals surface area contributed by atoms with Crippen molar-refractivity contribution in [1.82, 2.24) is 15.6 Å². The largest absolute Gasteiger partial charge is 0.387 e. The van der Waals surface area contributed by atoms with Gasteiger partial charge < -0.3 is 20.6 Å². The van der Waals surface area contributed by atoms with Crippen LogP contribution >= 0.6 is 24.0 Å². The van der Waals surface area contributed by atoms with Crippen LogP contribution in [-0.2, 0) is 12.0 Å². The van der Waals surface area contributed by atoms with Gasteiger partial charge in [0.25, 0.3) is 0 Å². The van der Waals surface area contributed by atoms with Crippen LogP contribution in [0.4, 0.5) is 5.82 Å². The van der Waals surface area contributed by atoms with E-state index in [-0.39, 0.29) is 29.4 Å². The fourth-order valence-corrected chi connectivity index (χ4v) is 3.71. The van der Waals surface area contributed by atoms with Crippen LogP contribution in [0.2, 0.25) is 0 Å². The van der Waals surface area contributed by atoms with Gasteiger partial charge in [-0.15, -0.1) is 24.0 Å². The molecule has 1 aromatic heterocycles. The molecule has 0 aliphatic carbocycles. The minimum atomic E-state index is -0.597. The molecule has 6 nitrogen and oxygen atoms in total. The maximum atomic E-state index is 10.6. The van der Waals surface area contributed by atoms with Gasteiger partial charge in [-0.3, -0.25) is 0 Å². The summed E-state index contributed by atoms with van der Waals surface area (Å²) in [6.07, 6.45) is 3.74. The summed E-state index contributed by atoms with van der Waals surface area (Å²) in [5.41, 5.74) is 3.40. The van der Waals surface area contributed by atoms with E-state index in [0.29, 0.717) is 19.0 Å². The molecule has 2 heterocycles. The summed E-state index contributed by atoms with van der Waals surface area (Å²) in [6, 6.07) is 12.3. The number of aromatic nitrogens is 1. The lowest BCUT2D eigenvalue weighted by molar-refractivity contribution is 0.181.